The van der Waals surface area contributed by atoms with Gasteiger partial charge in [-0.05, 0) is 35.9 Å². The van der Waals surface area contributed by atoms with Gasteiger partial charge in [0, 0.05) is 12.1 Å². The highest BCUT2D eigenvalue weighted by Gasteiger charge is 2.14. The lowest BCUT2D eigenvalue weighted by molar-refractivity contribution is 0.0951. The van der Waals surface area contributed by atoms with Gasteiger partial charge >= 0.3 is 0 Å². The van der Waals surface area contributed by atoms with Crippen molar-refractivity contribution in [3.05, 3.63) is 46.5 Å². The summed E-state index contributed by atoms with van der Waals surface area (Å²) in [6, 6.07) is 8.42. The summed E-state index contributed by atoms with van der Waals surface area (Å²) in [7, 11) is 6.14. The minimum atomic E-state index is -0.252. The number of halogens is 1. The number of hydrogen-bond donors (Lipinski definition) is 1. The molecular weight excluding hydrogens is 346 g/mol. The van der Waals surface area contributed by atoms with Gasteiger partial charge < -0.3 is 24.3 Å². The highest BCUT2D eigenvalue weighted by Crippen LogP contribution is 2.38. The zero-order valence-electron chi connectivity index (χ0n) is 14.5. The van der Waals surface area contributed by atoms with E-state index in [1.165, 1.54) is 14.2 Å². The second-order valence-corrected chi connectivity index (χ2v) is 5.47. The summed E-state index contributed by atoms with van der Waals surface area (Å²) in [5, 5.41) is 3.21. The summed E-state index contributed by atoms with van der Waals surface area (Å²) in [6.45, 7) is 0.291. The van der Waals surface area contributed by atoms with Crippen LogP contribution >= 0.6 is 11.6 Å². The molecule has 25 heavy (non-hydrogen) atoms. The fourth-order valence-corrected chi connectivity index (χ4v) is 2.59. The fraction of sp³-hybridized carbons (Fsp3) is 0.278. The van der Waals surface area contributed by atoms with E-state index in [2.05, 4.69) is 5.32 Å². The van der Waals surface area contributed by atoms with E-state index in [-0.39, 0.29) is 5.91 Å². The lowest BCUT2D eigenvalue weighted by atomic mass is 10.1. The van der Waals surface area contributed by atoms with E-state index in [1.807, 2.05) is 0 Å². The van der Waals surface area contributed by atoms with Gasteiger partial charge in [-0.1, -0.05) is 11.6 Å². The van der Waals surface area contributed by atoms with Gasteiger partial charge in [0.05, 0.1) is 33.5 Å². The molecule has 0 aliphatic carbocycles. The average Bonchev–Trinajstić information content (AvgIpc) is 2.64. The van der Waals surface area contributed by atoms with Crippen LogP contribution in [0.5, 0.6) is 23.0 Å². The van der Waals surface area contributed by atoms with E-state index >= 15 is 0 Å². The van der Waals surface area contributed by atoms with Crippen LogP contribution in [0, 0.1) is 0 Å². The van der Waals surface area contributed by atoms with Gasteiger partial charge in [-0.3, -0.25) is 4.79 Å². The maximum Gasteiger partial charge on any atom is 0.251 e. The maximum absolute atomic E-state index is 12.3. The quantitative estimate of drug-likeness (QED) is 0.815. The van der Waals surface area contributed by atoms with Crippen LogP contribution in [0.25, 0.3) is 0 Å². The van der Waals surface area contributed by atoms with Gasteiger partial charge in [0.25, 0.3) is 5.91 Å². The number of rotatable bonds is 7. The summed E-state index contributed by atoms with van der Waals surface area (Å²) in [4.78, 5) is 12.3. The van der Waals surface area contributed by atoms with Gasteiger partial charge in [-0.2, -0.15) is 0 Å². The molecule has 0 saturated heterocycles. The molecule has 0 aromatic heterocycles. The van der Waals surface area contributed by atoms with Crippen molar-refractivity contribution in [1.29, 1.82) is 0 Å². The topological polar surface area (TPSA) is 66.0 Å². The van der Waals surface area contributed by atoms with Crippen molar-refractivity contribution in [1.82, 2.24) is 5.32 Å². The first-order chi connectivity index (χ1) is 12.0. The van der Waals surface area contributed by atoms with Crippen molar-refractivity contribution in [2.24, 2.45) is 0 Å². The first-order valence-electron chi connectivity index (χ1n) is 7.44. The zero-order valence-corrected chi connectivity index (χ0v) is 15.3. The Morgan fingerprint density at radius 1 is 0.920 bits per heavy atom. The minimum Gasteiger partial charge on any atom is -0.495 e. The molecule has 0 heterocycles. The summed E-state index contributed by atoms with van der Waals surface area (Å²) >= 11 is 6.05. The Hall–Kier alpha value is -2.60. The number of carbonyl (C=O) groups excluding carboxylic acids is 1. The predicted octanol–water partition coefficient (Wildman–Crippen LogP) is 3.30. The second kappa shape index (κ2) is 8.48. The molecule has 2 aromatic rings. The van der Waals surface area contributed by atoms with Crippen molar-refractivity contribution in [3.63, 3.8) is 0 Å². The number of carbonyl (C=O) groups is 1. The molecule has 0 atom stereocenters. The van der Waals surface area contributed by atoms with Crippen molar-refractivity contribution >= 4 is 17.5 Å². The molecule has 0 aliphatic heterocycles. The third-order valence-electron chi connectivity index (χ3n) is 3.59. The standard InChI is InChI=1S/C18H20ClNO5/c1-22-14-6-5-12(9-13(14)19)18(21)20-10-11-7-15(23-2)17(25-4)16(8-11)24-3/h5-9H,10H2,1-4H3,(H,20,21). The molecule has 0 radical (unpaired) electrons. The number of amides is 1. The van der Waals surface area contributed by atoms with Crippen molar-refractivity contribution in [2.75, 3.05) is 28.4 Å². The summed E-state index contributed by atoms with van der Waals surface area (Å²) in [5.41, 5.74) is 1.25. The smallest absolute Gasteiger partial charge is 0.251 e. The first kappa shape index (κ1) is 18.7. The molecule has 134 valence electrons. The van der Waals surface area contributed by atoms with Crippen LogP contribution in [0.15, 0.2) is 30.3 Å². The Balaban J connectivity index is 2.15. The zero-order chi connectivity index (χ0) is 18.4. The molecule has 1 amide bonds. The summed E-state index contributed by atoms with van der Waals surface area (Å²) in [5.74, 6) is 1.82. The molecule has 0 saturated carbocycles. The number of methoxy groups -OCH3 is 4. The monoisotopic (exact) mass is 365 g/mol. The van der Waals surface area contributed by atoms with Crippen molar-refractivity contribution in [2.45, 2.75) is 6.54 Å². The predicted molar refractivity (Wildman–Crippen MR) is 95.3 cm³/mol. The molecule has 0 fully saturated rings. The highest BCUT2D eigenvalue weighted by atomic mass is 35.5. The van der Waals surface area contributed by atoms with Crippen LogP contribution in [0.1, 0.15) is 15.9 Å². The molecule has 0 aliphatic rings. The number of ether oxygens (including phenoxy) is 4. The van der Waals surface area contributed by atoms with Gasteiger partial charge in [-0.15, -0.1) is 0 Å². The first-order valence-corrected chi connectivity index (χ1v) is 7.82. The maximum atomic E-state index is 12.3. The van der Waals surface area contributed by atoms with E-state index in [1.54, 1.807) is 44.6 Å². The lowest BCUT2D eigenvalue weighted by Crippen LogP contribution is -2.22. The Kier molecular flexibility index (Phi) is 6.36. The molecule has 6 nitrogen and oxygen atoms in total. The molecule has 2 rings (SSSR count). The molecular formula is C18H20ClNO5. The van der Waals surface area contributed by atoms with Crippen LogP contribution in [-0.2, 0) is 6.54 Å². The van der Waals surface area contributed by atoms with Crippen LogP contribution in [-0.4, -0.2) is 34.3 Å². The third-order valence-corrected chi connectivity index (χ3v) is 3.89. The minimum absolute atomic E-state index is 0.252. The molecule has 0 unspecified atom stereocenters. The Morgan fingerprint density at radius 3 is 2.00 bits per heavy atom. The van der Waals surface area contributed by atoms with Crippen LogP contribution in [0.2, 0.25) is 5.02 Å². The van der Waals surface area contributed by atoms with Gasteiger partial charge in [0.15, 0.2) is 11.5 Å². The highest BCUT2D eigenvalue weighted by molar-refractivity contribution is 6.32. The van der Waals surface area contributed by atoms with E-state index in [4.69, 9.17) is 30.5 Å². The Morgan fingerprint density at radius 2 is 1.52 bits per heavy atom. The second-order valence-electron chi connectivity index (χ2n) is 5.07. The van der Waals surface area contributed by atoms with E-state index in [0.717, 1.165) is 5.56 Å². The van der Waals surface area contributed by atoms with Crippen molar-refractivity contribution < 1.29 is 23.7 Å². The number of benzene rings is 2. The average molecular weight is 366 g/mol. The molecule has 7 heteroatoms. The van der Waals surface area contributed by atoms with E-state index in [0.29, 0.717) is 40.1 Å². The SMILES string of the molecule is COc1ccc(C(=O)NCc2cc(OC)c(OC)c(OC)c2)cc1Cl. The normalized spacial score (nSPS) is 10.1. The summed E-state index contributed by atoms with van der Waals surface area (Å²) < 4.78 is 21.0. The molecule has 2 aromatic carbocycles. The van der Waals surface area contributed by atoms with Crippen LogP contribution < -0.4 is 24.3 Å². The summed E-state index contributed by atoms with van der Waals surface area (Å²) in [6.07, 6.45) is 0. The van der Waals surface area contributed by atoms with Gasteiger partial charge in [-0.25, -0.2) is 0 Å². The lowest BCUT2D eigenvalue weighted by Gasteiger charge is -2.14. The molecule has 0 bridgehead atoms. The van der Waals surface area contributed by atoms with E-state index < -0.39 is 0 Å². The van der Waals surface area contributed by atoms with Crippen LogP contribution in [0.3, 0.4) is 0 Å². The largest absolute Gasteiger partial charge is 0.495 e. The van der Waals surface area contributed by atoms with E-state index in [9.17, 15) is 4.79 Å². The molecule has 0 spiro atoms. The Bertz CT molecular complexity index is 738. The van der Waals surface area contributed by atoms with Gasteiger partial charge in [0.1, 0.15) is 5.75 Å². The molecule has 1 N–H and O–H groups in total. The van der Waals surface area contributed by atoms with Crippen LogP contribution in [0.4, 0.5) is 0 Å². The number of hydrogen-bond acceptors (Lipinski definition) is 5. The van der Waals surface area contributed by atoms with Crippen molar-refractivity contribution in [3.8, 4) is 23.0 Å². The Labute approximate surface area is 151 Å². The number of nitrogens with one attached hydrogen (secondary N) is 1. The third kappa shape index (κ3) is 4.28. The van der Waals surface area contributed by atoms with Gasteiger partial charge in [0.2, 0.25) is 5.75 Å². The fourth-order valence-electron chi connectivity index (χ4n) is 2.33.